The number of nitriles is 1. The van der Waals surface area contributed by atoms with E-state index in [9.17, 15) is 19.2 Å². The van der Waals surface area contributed by atoms with E-state index >= 15 is 0 Å². The molecule has 1 heterocycles. The lowest BCUT2D eigenvalue weighted by molar-refractivity contribution is -0.121. The number of aryl methyl sites for hydroxylation is 1. The molecule has 0 bridgehead atoms. The topological polar surface area (TPSA) is 82.0 Å². The Kier molecular flexibility index (Phi) is 6.12. The van der Waals surface area contributed by atoms with Crippen LogP contribution in [0.5, 0.6) is 0 Å². The van der Waals surface area contributed by atoms with E-state index in [4.69, 9.17) is 0 Å². The number of amides is 2. The Hall–Kier alpha value is -3.11. The van der Waals surface area contributed by atoms with E-state index < -0.39 is 5.92 Å². The molecule has 0 saturated heterocycles. The Labute approximate surface area is 166 Å². The first-order valence-corrected chi connectivity index (χ1v) is 9.63. The molecule has 0 fully saturated rings. The molecular weight excluding hydrogens is 377 g/mol. The van der Waals surface area contributed by atoms with Gasteiger partial charge in [-0.25, -0.2) is 4.39 Å². The number of carbonyl (C=O) groups is 2. The van der Waals surface area contributed by atoms with Crippen LogP contribution in [-0.4, -0.2) is 17.6 Å². The first-order valence-electron chi connectivity index (χ1n) is 8.65. The van der Waals surface area contributed by atoms with Gasteiger partial charge in [-0.2, -0.15) is 5.26 Å². The van der Waals surface area contributed by atoms with Gasteiger partial charge in [-0.1, -0.05) is 41.6 Å². The summed E-state index contributed by atoms with van der Waals surface area (Å²) >= 11 is 1.10. The molecule has 28 heavy (non-hydrogen) atoms. The van der Waals surface area contributed by atoms with Crippen LogP contribution in [0.4, 0.5) is 10.1 Å². The molecule has 2 aromatic rings. The van der Waals surface area contributed by atoms with E-state index in [1.54, 1.807) is 12.1 Å². The summed E-state index contributed by atoms with van der Waals surface area (Å²) in [5.41, 5.74) is 2.84. The van der Waals surface area contributed by atoms with E-state index in [1.165, 1.54) is 12.1 Å². The smallest absolute Gasteiger partial charge is 0.234 e. The highest BCUT2D eigenvalue weighted by molar-refractivity contribution is 8.03. The van der Waals surface area contributed by atoms with E-state index in [-0.39, 0.29) is 29.8 Å². The quantitative estimate of drug-likeness (QED) is 0.806. The number of carbonyl (C=O) groups excluding carboxylic acids is 2. The second-order valence-electron chi connectivity index (χ2n) is 6.41. The van der Waals surface area contributed by atoms with Crippen LogP contribution in [-0.2, 0) is 9.59 Å². The predicted octanol–water partition coefficient (Wildman–Crippen LogP) is 3.84. The van der Waals surface area contributed by atoms with Gasteiger partial charge in [0.25, 0.3) is 0 Å². The van der Waals surface area contributed by atoms with Gasteiger partial charge in [-0.05, 0) is 36.8 Å². The first kappa shape index (κ1) is 19.6. The van der Waals surface area contributed by atoms with Crippen LogP contribution in [0, 0.1) is 24.1 Å². The number of hydrogen-bond donors (Lipinski definition) is 2. The lowest BCUT2D eigenvalue weighted by Crippen LogP contribution is -2.31. The van der Waals surface area contributed by atoms with Crippen molar-refractivity contribution < 1.29 is 14.0 Å². The third-order valence-electron chi connectivity index (χ3n) is 4.31. The van der Waals surface area contributed by atoms with Crippen LogP contribution >= 0.6 is 11.8 Å². The molecule has 2 N–H and O–H groups in total. The molecule has 0 spiro atoms. The van der Waals surface area contributed by atoms with Crippen molar-refractivity contribution in [3.05, 3.63) is 76.1 Å². The third-order valence-corrected chi connectivity index (χ3v) is 5.33. The molecule has 142 valence electrons. The lowest BCUT2D eigenvalue weighted by atomic mass is 9.87. The van der Waals surface area contributed by atoms with Crippen LogP contribution in [0.1, 0.15) is 23.5 Å². The van der Waals surface area contributed by atoms with Gasteiger partial charge in [0.05, 0.1) is 22.4 Å². The third kappa shape index (κ3) is 4.78. The van der Waals surface area contributed by atoms with Gasteiger partial charge in [0.1, 0.15) is 5.82 Å². The fraction of sp³-hybridized carbons (Fsp3) is 0.190. The Morgan fingerprint density at radius 2 is 1.93 bits per heavy atom. The summed E-state index contributed by atoms with van der Waals surface area (Å²) in [6.45, 7) is 1.96. The minimum absolute atomic E-state index is 0.0464. The maximum atomic E-state index is 13.2. The Balaban J connectivity index is 1.73. The number of rotatable bonds is 5. The summed E-state index contributed by atoms with van der Waals surface area (Å²) in [4.78, 5) is 24.3. The minimum Gasteiger partial charge on any atom is -0.325 e. The molecule has 2 aromatic carbocycles. The fourth-order valence-electron chi connectivity index (χ4n) is 2.88. The van der Waals surface area contributed by atoms with Crippen molar-refractivity contribution in [1.82, 2.24) is 5.32 Å². The number of benzene rings is 2. The number of halogens is 1. The molecule has 2 amide bonds. The van der Waals surface area contributed by atoms with Gasteiger partial charge in [0, 0.05) is 18.0 Å². The van der Waals surface area contributed by atoms with Gasteiger partial charge in [0.2, 0.25) is 11.8 Å². The zero-order chi connectivity index (χ0) is 20.1. The first-order chi connectivity index (χ1) is 13.5. The van der Waals surface area contributed by atoms with E-state index in [2.05, 4.69) is 16.7 Å². The molecule has 7 heteroatoms. The number of allylic oxidation sites excluding steroid dienone is 1. The lowest BCUT2D eigenvalue weighted by Gasteiger charge is -2.25. The largest absolute Gasteiger partial charge is 0.325 e. The second-order valence-corrected chi connectivity index (χ2v) is 7.40. The average molecular weight is 395 g/mol. The van der Waals surface area contributed by atoms with Crippen LogP contribution in [0.2, 0.25) is 0 Å². The number of thioether (sulfide) groups is 1. The van der Waals surface area contributed by atoms with Gasteiger partial charge in [-0.3, -0.25) is 9.59 Å². The Morgan fingerprint density at radius 3 is 2.57 bits per heavy atom. The van der Waals surface area contributed by atoms with Crippen molar-refractivity contribution in [2.24, 2.45) is 0 Å². The predicted molar refractivity (Wildman–Crippen MR) is 107 cm³/mol. The highest BCUT2D eigenvalue weighted by Crippen LogP contribution is 2.35. The second kappa shape index (κ2) is 8.72. The van der Waals surface area contributed by atoms with Crippen molar-refractivity contribution >= 4 is 29.3 Å². The monoisotopic (exact) mass is 395 g/mol. The van der Waals surface area contributed by atoms with Gasteiger partial charge >= 0.3 is 0 Å². The van der Waals surface area contributed by atoms with Crippen molar-refractivity contribution in [1.29, 1.82) is 5.26 Å². The van der Waals surface area contributed by atoms with Gasteiger partial charge in [0.15, 0.2) is 0 Å². The number of nitrogens with one attached hydrogen (secondary N) is 2. The summed E-state index contributed by atoms with van der Waals surface area (Å²) in [5, 5.41) is 15.4. The summed E-state index contributed by atoms with van der Waals surface area (Å²) in [6, 6.07) is 15.3. The van der Waals surface area contributed by atoms with Crippen molar-refractivity contribution in [2.75, 3.05) is 11.1 Å². The van der Waals surface area contributed by atoms with E-state index in [0.717, 1.165) is 17.3 Å². The Bertz CT molecular complexity index is 963. The van der Waals surface area contributed by atoms with Crippen molar-refractivity contribution in [2.45, 2.75) is 19.3 Å². The van der Waals surface area contributed by atoms with Crippen LogP contribution in [0.3, 0.4) is 0 Å². The molecule has 1 aliphatic heterocycles. The standard InChI is InChI=1S/C21H18FN3O2S/c1-13-2-8-16(9-3-13)24-20(27)12-28-21-18(11-23)17(10-19(26)25-21)14-4-6-15(22)7-5-14/h2-9,17H,10,12H2,1H3,(H,24,27)(H,25,26)/t17-/m1/s1. The number of anilines is 1. The zero-order valence-electron chi connectivity index (χ0n) is 15.2. The Morgan fingerprint density at radius 1 is 1.25 bits per heavy atom. The van der Waals surface area contributed by atoms with E-state index in [0.29, 0.717) is 21.9 Å². The highest BCUT2D eigenvalue weighted by atomic mass is 32.2. The molecule has 0 unspecified atom stereocenters. The molecule has 3 rings (SSSR count). The molecule has 0 aliphatic carbocycles. The van der Waals surface area contributed by atoms with Crippen molar-refractivity contribution in [3.63, 3.8) is 0 Å². The molecule has 0 radical (unpaired) electrons. The molecule has 1 atom stereocenters. The summed E-state index contributed by atoms with van der Waals surface area (Å²) in [6.07, 6.45) is 0.105. The van der Waals surface area contributed by atoms with Crippen LogP contribution in [0.15, 0.2) is 59.1 Å². The average Bonchev–Trinajstić information content (AvgIpc) is 2.68. The highest BCUT2D eigenvalue weighted by Gasteiger charge is 2.29. The summed E-state index contributed by atoms with van der Waals surface area (Å²) in [5.74, 6) is -1.27. The molecular formula is C21H18FN3O2S. The summed E-state index contributed by atoms with van der Waals surface area (Å²) in [7, 11) is 0. The van der Waals surface area contributed by atoms with Crippen molar-refractivity contribution in [3.8, 4) is 6.07 Å². The SMILES string of the molecule is Cc1ccc(NC(=O)CSC2=C(C#N)[C@@H](c3ccc(F)cc3)CC(=O)N2)cc1. The zero-order valence-corrected chi connectivity index (χ0v) is 16.0. The number of hydrogen-bond acceptors (Lipinski definition) is 4. The van der Waals surface area contributed by atoms with Crippen LogP contribution < -0.4 is 10.6 Å². The minimum atomic E-state index is -0.456. The van der Waals surface area contributed by atoms with Gasteiger partial charge in [-0.15, -0.1) is 0 Å². The number of nitrogens with zero attached hydrogens (tertiary/aromatic N) is 1. The maximum absolute atomic E-state index is 13.2. The normalized spacial score (nSPS) is 16.3. The maximum Gasteiger partial charge on any atom is 0.234 e. The van der Waals surface area contributed by atoms with Crippen LogP contribution in [0.25, 0.3) is 0 Å². The fourth-order valence-corrected chi connectivity index (χ4v) is 3.76. The van der Waals surface area contributed by atoms with Gasteiger partial charge < -0.3 is 10.6 Å². The molecule has 0 aromatic heterocycles. The van der Waals surface area contributed by atoms with E-state index in [1.807, 2.05) is 31.2 Å². The molecule has 5 nitrogen and oxygen atoms in total. The summed E-state index contributed by atoms with van der Waals surface area (Å²) < 4.78 is 13.2. The molecule has 1 aliphatic rings. The molecule has 0 saturated carbocycles.